The Bertz CT molecular complexity index is 861. The first-order valence-electron chi connectivity index (χ1n) is 8.49. The van der Waals surface area contributed by atoms with Gasteiger partial charge in [0.2, 0.25) is 0 Å². The summed E-state index contributed by atoms with van der Waals surface area (Å²) in [5.74, 6) is 0.747. The Morgan fingerprint density at radius 3 is 2.69 bits per heavy atom. The number of thiophene rings is 1. The number of carbonyl (C=O) groups is 1. The average Bonchev–Trinajstić information content (AvgIpc) is 2.99. The molecule has 3 heterocycles. The van der Waals surface area contributed by atoms with Crippen LogP contribution in [0.3, 0.4) is 0 Å². The van der Waals surface area contributed by atoms with Gasteiger partial charge in [0.25, 0.3) is 5.91 Å². The second kappa shape index (κ2) is 7.14. The number of methoxy groups -OCH3 is 1. The summed E-state index contributed by atoms with van der Waals surface area (Å²) in [5.41, 5.74) is 3.02. The van der Waals surface area contributed by atoms with Crippen LogP contribution in [-0.2, 0) is 13.0 Å². The normalized spacial score (nSPS) is 19.4. The van der Waals surface area contributed by atoms with Crippen molar-refractivity contribution in [3.63, 3.8) is 0 Å². The highest BCUT2D eigenvalue weighted by molar-refractivity contribution is 9.11. The number of carbonyl (C=O) groups excluding carboxylic acids is 1. The molecule has 0 fully saturated rings. The van der Waals surface area contributed by atoms with Crippen molar-refractivity contribution in [3.8, 4) is 5.75 Å². The Hall–Kier alpha value is -1.09. The molecule has 4 rings (SSSR count). The van der Waals surface area contributed by atoms with E-state index in [0.29, 0.717) is 0 Å². The molecule has 0 bridgehead atoms. The molecule has 0 radical (unpaired) electrons. The van der Waals surface area contributed by atoms with Gasteiger partial charge in [0.1, 0.15) is 16.9 Å². The maximum absolute atomic E-state index is 12.8. The Morgan fingerprint density at radius 1 is 1.31 bits per heavy atom. The molecule has 1 aromatic heterocycles. The van der Waals surface area contributed by atoms with Crippen LogP contribution in [0.2, 0.25) is 0 Å². The number of anilines is 1. The lowest BCUT2D eigenvalue weighted by atomic mass is 10.0. The molecule has 2 N–H and O–H groups in total. The van der Waals surface area contributed by atoms with E-state index in [1.807, 2.05) is 12.1 Å². The molecule has 0 spiro atoms. The number of fused-ring (bicyclic) bond motifs is 3. The molecular formula is C18H19Br2N3O2S. The summed E-state index contributed by atoms with van der Waals surface area (Å²) in [6.45, 7) is 5.17. The highest BCUT2D eigenvalue weighted by Gasteiger charge is 2.33. The number of rotatable bonds is 3. The van der Waals surface area contributed by atoms with Crippen molar-refractivity contribution in [3.05, 3.63) is 42.6 Å². The van der Waals surface area contributed by atoms with Gasteiger partial charge < -0.3 is 15.4 Å². The van der Waals surface area contributed by atoms with Crippen LogP contribution in [0.4, 0.5) is 5.00 Å². The van der Waals surface area contributed by atoms with Gasteiger partial charge in [0.15, 0.2) is 0 Å². The minimum absolute atomic E-state index is 0.00858. The fraction of sp³-hybridized carbons (Fsp3) is 0.389. The van der Waals surface area contributed by atoms with Gasteiger partial charge in [-0.2, -0.15) is 0 Å². The molecule has 0 saturated carbocycles. The molecule has 1 atom stereocenters. The predicted molar refractivity (Wildman–Crippen MR) is 111 cm³/mol. The highest BCUT2D eigenvalue weighted by atomic mass is 79.9. The average molecular weight is 501 g/mol. The van der Waals surface area contributed by atoms with Crippen molar-refractivity contribution in [1.82, 2.24) is 10.2 Å². The first kappa shape index (κ1) is 18.3. The van der Waals surface area contributed by atoms with Crippen molar-refractivity contribution >= 4 is 54.1 Å². The number of amides is 1. The number of ether oxygens (including phenoxy) is 1. The van der Waals surface area contributed by atoms with Crippen LogP contribution < -0.4 is 15.4 Å². The molecule has 2 aliphatic heterocycles. The zero-order valence-electron chi connectivity index (χ0n) is 14.5. The topological polar surface area (TPSA) is 53.6 Å². The molecule has 1 aromatic carbocycles. The van der Waals surface area contributed by atoms with E-state index in [9.17, 15) is 4.79 Å². The van der Waals surface area contributed by atoms with E-state index >= 15 is 0 Å². The van der Waals surface area contributed by atoms with Crippen LogP contribution in [0.15, 0.2) is 21.1 Å². The van der Waals surface area contributed by atoms with Gasteiger partial charge in [-0.1, -0.05) is 6.92 Å². The molecule has 26 heavy (non-hydrogen) atoms. The van der Waals surface area contributed by atoms with E-state index in [0.717, 1.165) is 56.9 Å². The van der Waals surface area contributed by atoms with Crippen molar-refractivity contribution in [1.29, 1.82) is 0 Å². The zero-order valence-corrected chi connectivity index (χ0v) is 18.5. The third-order valence-corrected chi connectivity index (χ3v) is 7.25. The molecule has 0 saturated heterocycles. The van der Waals surface area contributed by atoms with Crippen LogP contribution in [0.1, 0.15) is 39.5 Å². The zero-order chi connectivity index (χ0) is 18.4. The lowest BCUT2D eigenvalue weighted by Crippen LogP contribution is -2.38. The molecule has 1 amide bonds. The van der Waals surface area contributed by atoms with E-state index in [4.69, 9.17) is 4.74 Å². The summed E-state index contributed by atoms with van der Waals surface area (Å²) >= 11 is 8.78. The first-order valence-corrected chi connectivity index (χ1v) is 10.9. The van der Waals surface area contributed by atoms with Gasteiger partial charge in [-0.3, -0.25) is 9.69 Å². The van der Waals surface area contributed by atoms with Crippen molar-refractivity contribution in [2.75, 3.05) is 25.5 Å². The van der Waals surface area contributed by atoms with E-state index < -0.39 is 0 Å². The number of hydrogen-bond acceptors (Lipinski definition) is 5. The molecule has 0 unspecified atom stereocenters. The largest absolute Gasteiger partial charge is 0.494 e. The summed E-state index contributed by atoms with van der Waals surface area (Å²) in [5, 5.41) is 7.59. The van der Waals surface area contributed by atoms with Gasteiger partial charge in [0, 0.05) is 18.0 Å². The second-order valence-corrected chi connectivity index (χ2v) is 9.21. The minimum Gasteiger partial charge on any atom is -0.494 e. The van der Waals surface area contributed by atoms with Gasteiger partial charge >= 0.3 is 0 Å². The summed E-state index contributed by atoms with van der Waals surface area (Å²) in [4.78, 5) is 16.6. The third kappa shape index (κ3) is 3.06. The number of halogens is 2. The highest BCUT2D eigenvalue weighted by Crippen LogP contribution is 2.42. The van der Waals surface area contributed by atoms with Crippen LogP contribution in [0.25, 0.3) is 0 Å². The van der Waals surface area contributed by atoms with Crippen molar-refractivity contribution in [2.45, 2.75) is 26.1 Å². The number of nitrogens with zero attached hydrogens (tertiary/aromatic N) is 1. The Morgan fingerprint density at radius 2 is 2.04 bits per heavy atom. The van der Waals surface area contributed by atoms with Crippen LogP contribution in [-0.4, -0.2) is 31.0 Å². The van der Waals surface area contributed by atoms with Gasteiger partial charge in [0.05, 0.1) is 21.6 Å². The van der Waals surface area contributed by atoms with Gasteiger partial charge in [-0.15, -0.1) is 11.3 Å². The Kier molecular flexibility index (Phi) is 5.02. The van der Waals surface area contributed by atoms with E-state index in [-0.39, 0.29) is 12.1 Å². The van der Waals surface area contributed by atoms with Crippen LogP contribution in [0.5, 0.6) is 5.75 Å². The smallest absolute Gasteiger partial charge is 0.256 e. The number of likely N-dealkylation sites (N-methyl/N-ethyl adjacent to an activating group) is 1. The number of nitrogens with one attached hydrogen (secondary N) is 2. The molecule has 2 aliphatic rings. The fourth-order valence-electron chi connectivity index (χ4n) is 3.55. The number of hydrogen-bond donors (Lipinski definition) is 2. The van der Waals surface area contributed by atoms with Crippen molar-refractivity contribution < 1.29 is 9.53 Å². The van der Waals surface area contributed by atoms with Gasteiger partial charge in [-0.25, -0.2) is 0 Å². The summed E-state index contributed by atoms with van der Waals surface area (Å²) in [6, 6.07) is 3.94. The summed E-state index contributed by atoms with van der Waals surface area (Å²) in [7, 11) is 1.63. The van der Waals surface area contributed by atoms with Crippen molar-refractivity contribution in [2.24, 2.45) is 0 Å². The van der Waals surface area contributed by atoms with Crippen LogP contribution >= 0.6 is 43.2 Å². The third-order valence-electron chi connectivity index (χ3n) is 4.92. The molecule has 8 heteroatoms. The summed E-state index contributed by atoms with van der Waals surface area (Å²) < 4.78 is 7.05. The predicted octanol–water partition coefficient (Wildman–Crippen LogP) is 4.51. The minimum atomic E-state index is -0.268. The molecule has 2 aromatic rings. The lowest BCUT2D eigenvalue weighted by molar-refractivity contribution is 0.0934. The van der Waals surface area contributed by atoms with E-state index in [1.165, 1.54) is 10.4 Å². The number of benzene rings is 1. The lowest BCUT2D eigenvalue weighted by Gasteiger charge is -2.28. The monoisotopic (exact) mass is 499 g/mol. The van der Waals surface area contributed by atoms with Crippen LogP contribution in [0, 0.1) is 0 Å². The van der Waals surface area contributed by atoms with E-state index in [1.54, 1.807) is 18.4 Å². The maximum atomic E-state index is 12.8. The first-order chi connectivity index (χ1) is 12.5. The Balaban J connectivity index is 1.67. The fourth-order valence-corrected chi connectivity index (χ4v) is 6.41. The quantitative estimate of drug-likeness (QED) is 0.650. The molecule has 5 nitrogen and oxygen atoms in total. The SMILES string of the molecule is CCN1CCc2c(sc3c2C(=O)N[C@@H](c2cc(Br)c(OC)c(Br)c2)N3)C1. The standard InChI is InChI=1S/C18H19Br2N3O2S/c1-3-23-5-4-10-13(8-23)26-18-14(10)17(24)21-16(22-18)9-6-11(19)15(25-2)12(20)7-9/h6-7,16,22H,3-5,8H2,1-2H3,(H,21,24)/t16-/m1/s1. The second-order valence-electron chi connectivity index (χ2n) is 6.40. The maximum Gasteiger partial charge on any atom is 0.256 e. The van der Waals surface area contributed by atoms with E-state index in [2.05, 4.69) is 54.3 Å². The Labute approximate surface area is 173 Å². The molecule has 138 valence electrons. The molecule has 0 aliphatic carbocycles. The summed E-state index contributed by atoms with van der Waals surface area (Å²) in [6.07, 6.45) is 0.671. The van der Waals surface area contributed by atoms with Gasteiger partial charge in [-0.05, 0) is 68.1 Å². The molecular weight excluding hydrogens is 482 g/mol.